The molecule has 0 aromatic rings. The zero-order valence-electron chi connectivity index (χ0n) is 2.38. The zero-order valence-corrected chi connectivity index (χ0v) is 8.77. The van der Waals surface area contributed by atoms with Crippen molar-refractivity contribution in [3.63, 3.8) is 0 Å². The Balaban J connectivity index is 0. The van der Waals surface area contributed by atoms with Gasteiger partial charge in [-0.05, 0) is 0 Å². The zero-order chi connectivity index (χ0) is 3.58. The van der Waals surface area contributed by atoms with Gasteiger partial charge in [0.05, 0.1) is 0 Å². The molecule has 0 aliphatic heterocycles. The maximum atomic E-state index is 8.48. The predicted molar refractivity (Wildman–Crippen MR) is 6.92 cm³/mol. The SMILES string of the molecule is [Hg].[O-]P([O-])[O-]. The fourth-order valence-electron chi connectivity index (χ4n) is 0. The van der Waals surface area contributed by atoms with Crippen molar-refractivity contribution in [2.75, 3.05) is 0 Å². The van der Waals surface area contributed by atoms with Crippen molar-refractivity contribution in [2.24, 2.45) is 0 Å². The Bertz CT molecular complexity index is 11.6. The van der Waals surface area contributed by atoms with Crippen LogP contribution in [-0.4, -0.2) is 0 Å². The van der Waals surface area contributed by atoms with E-state index in [-0.39, 0.29) is 27.7 Å². The molecule has 0 radical (unpaired) electrons. The first kappa shape index (κ1) is 9.53. The minimum absolute atomic E-state index is 0. The molecular formula is HgO3P-3. The van der Waals surface area contributed by atoms with E-state index in [0.29, 0.717) is 0 Å². The number of hydrogen-bond acceptors (Lipinski definition) is 3. The molecule has 0 atom stereocenters. The van der Waals surface area contributed by atoms with Crippen LogP contribution in [0.15, 0.2) is 0 Å². The molecule has 5 heavy (non-hydrogen) atoms. The van der Waals surface area contributed by atoms with Gasteiger partial charge in [0, 0.05) is 27.7 Å². The van der Waals surface area contributed by atoms with Crippen LogP contribution in [0.3, 0.4) is 0 Å². The van der Waals surface area contributed by atoms with Gasteiger partial charge < -0.3 is 23.3 Å². The molecule has 0 N–H and O–H groups in total. The summed E-state index contributed by atoms with van der Waals surface area (Å²) in [4.78, 5) is 25.4. The second-order valence-electron chi connectivity index (χ2n) is 0.224. The van der Waals surface area contributed by atoms with E-state index in [4.69, 9.17) is 14.7 Å². The summed E-state index contributed by atoms with van der Waals surface area (Å²) in [6, 6.07) is 0. The number of rotatable bonds is 0. The molecule has 3 nitrogen and oxygen atoms in total. The first-order valence-corrected chi connectivity index (χ1v) is 1.64. The molecule has 0 fully saturated rings. The van der Waals surface area contributed by atoms with Crippen molar-refractivity contribution in [2.45, 2.75) is 0 Å². The van der Waals surface area contributed by atoms with Crippen LogP contribution >= 0.6 is 8.60 Å². The number of hydrogen-bond donors (Lipinski definition) is 0. The Morgan fingerprint density at radius 1 is 1.00 bits per heavy atom. The van der Waals surface area contributed by atoms with Gasteiger partial charge in [-0.15, -0.1) is 0 Å². The molecule has 0 saturated heterocycles. The van der Waals surface area contributed by atoms with Crippen LogP contribution in [-0.2, 0) is 27.7 Å². The summed E-state index contributed by atoms with van der Waals surface area (Å²) in [6.45, 7) is 0. The monoisotopic (exact) mass is 281 g/mol. The Labute approximate surface area is 51.1 Å². The molecule has 0 saturated carbocycles. The van der Waals surface area contributed by atoms with Gasteiger partial charge in [0.25, 0.3) is 0 Å². The molecule has 0 spiro atoms. The van der Waals surface area contributed by atoms with E-state index in [9.17, 15) is 0 Å². The van der Waals surface area contributed by atoms with Crippen molar-refractivity contribution in [3.8, 4) is 0 Å². The molecule has 0 bridgehead atoms. The van der Waals surface area contributed by atoms with E-state index in [1.807, 2.05) is 0 Å². The summed E-state index contributed by atoms with van der Waals surface area (Å²) in [7, 11) is -3.37. The fraction of sp³-hybridized carbons (Fsp3) is 0. The summed E-state index contributed by atoms with van der Waals surface area (Å²) >= 11 is 0. The van der Waals surface area contributed by atoms with Gasteiger partial charge in [0.1, 0.15) is 0 Å². The van der Waals surface area contributed by atoms with Crippen LogP contribution in [0.5, 0.6) is 0 Å². The van der Waals surface area contributed by atoms with Crippen molar-refractivity contribution in [1.82, 2.24) is 0 Å². The van der Waals surface area contributed by atoms with Crippen LogP contribution in [0.25, 0.3) is 0 Å². The minimum Gasteiger partial charge on any atom is -0.854 e. The van der Waals surface area contributed by atoms with E-state index in [1.165, 1.54) is 0 Å². The van der Waals surface area contributed by atoms with Crippen molar-refractivity contribution in [3.05, 3.63) is 0 Å². The molecule has 0 aromatic carbocycles. The maximum absolute atomic E-state index is 8.48. The van der Waals surface area contributed by atoms with Gasteiger partial charge in [-0.3, -0.25) is 0 Å². The van der Waals surface area contributed by atoms with E-state index in [1.54, 1.807) is 0 Å². The first-order valence-electron chi connectivity index (χ1n) is 0.548. The molecule has 5 heteroatoms. The second-order valence-corrected chi connectivity index (χ2v) is 0.671. The van der Waals surface area contributed by atoms with Crippen LogP contribution < -0.4 is 14.7 Å². The van der Waals surface area contributed by atoms with Gasteiger partial charge in [0.2, 0.25) is 0 Å². The normalized spacial score (nSPS) is 7.20. The topological polar surface area (TPSA) is 69.2 Å². The Morgan fingerprint density at radius 2 is 1.00 bits per heavy atom. The van der Waals surface area contributed by atoms with Gasteiger partial charge >= 0.3 is 0 Å². The smallest absolute Gasteiger partial charge is 0 e. The summed E-state index contributed by atoms with van der Waals surface area (Å²) in [5, 5.41) is 0. The molecule has 0 aliphatic rings. The Morgan fingerprint density at radius 3 is 1.00 bits per heavy atom. The standard InChI is InChI=1S/Hg.O3P/c;1-4(2)3/q;-3. The van der Waals surface area contributed by atoms with Gasteiger partial charge in [0.15, 0.2) is 0 Å². The summed E-state index contributed by atoms with van der Waals surface area (Å²) in [6.07, 6.45) is 0. The van der Waals surface area contributed by atoms with Crippen molar-refractivity contribution in [1.29, 1.82) is 0 Å². The molecule has 0 unspecified atom stereocenters. The van der Waals surface area contributed by atoms with E-state index < -0.39 is 8.60 Å². The van der Waals surface area contributed by atoms with Crippen molar-refractivity contribution >= 4 is 8.60 Å². The van der Waals surface area contributed by atoms with Crippen LogP contribution in [0.1, 0.15) is 0 Å². The summed E-state index contributed by atoms with van der Waals surface area (Å²) in [5.41, 5.74) is 0. The average Bonchev–Trinajstić information content (AvgIpc) is 0.811. The molecule has 0 amide bonds. The Kier molecular flexibility index (Phi) is 10.0. The second kappa shape index (κ2) is 5.25. The van der Waals surface area contributed by atoms with Gasteiger partial charge in [-0.25, -0.2) is 0 Å². The summed E-state index contributed by atoms with van der Waals surface area (Å²) < 4.78 is 0. The summed E-state index contributed by atoms with van der Waals surface area (Å²) in [5.74, 6) is 0. The molecule has 0 heterocycles. The maximum Gasteiger partial charge on any atom is 0 e. The van der Waals surface area contributed by atoms with Crippen LogP contribution in [0.4, 0.5) is 0 Å². The minimum atomic E-state index is -3.37. The third-order valence-electron chi connectivity index (χ3n) is 0. The van der Waals surface area contributed by atoms with Crippen LogP contribution in [0, 0.1) is 0 Å². The molecule has 28 valence electrons. The third kappa shape index (κ3) is 35.6. The van der Waals surface area contributed by atoms with E-state index in [0.717, 1.165) is 0 Å². The van der Waals surface area contributed by atoms with Crippen LogP contribution in [0.2, 0.25) is 0 Å². The molecule has 0 aliphatic carbocycles. The van der Waals surface area contributed by atoms with E-state index >= 15 is 0 Å². The largest absolute Gasteiger partial charge is 0.854 e. The molecular weight excluding hydrogens is 280 g/mol. The van der Waals surface area contributed by atoms with Gasteiger partial charge in [-0.2, -0.15) is 0 Å². The third-order valence-corrected chi connectivity index (χ3v) is 0. The van der Waals surface area contributed by atoms with Gasteiger partial charge in [-0.1, -0.05) is 0 Å². The average molecular weight is 280 g/mol. The van der Waals surface area contributed by atoms with Crippen molar-refractivity contribution < 1.29 is 42.3 Å². The fourth-order valence-corrected chi connectivity index (χ4v) is 0. The predicted octanol–water partition coefficient (Wildman–Crippen LogP) is -2.71. The molecule has 0 aromatic heterocycles. The van der Waals surface area contributed by atoms with E-state index in [2.05, 4.69) is 0 Å². The first-order chi connectivity index (χ1) is 1.73. The molecule has 0 rings (SSSR count). The Hall–Kier alpha value is 1.25. The quantitative estimate of drug-likeness (QED) is 0.358.